The van der Waals surface area contributed by atoms with Crippen molar-refractivity contribution in [2.45, 2.75) is 158 Å². The van der Waals surface area contributed by atoms with Gasteiger partial charge < -0.3 is 22.1 Å². The van der Waals surface area contributed by atoms with E-state index in [1.807, 2.05) is 55.4 Å². The molecule has 0 aliphatic heterocycles. The number of rotatable bonds is 16. The lowest BCUT2D eigenvalue weighted by molar-refractivity contribution is -0.131. The molecule has 6 heteroatoms. The Morgan fingerprint density at radius 3 is 0.977 bits per heavy atom. The van der Waals surface area contributed by atoms with E-state index >= 15 is 0 Å². The van der Waals surface area contributed by atoms with Crippen LogP contribution in [0.4, 0.5) is 0 Å². The highest BCUT2D eigenvalue weighted by Gasteiger charge is 2.39. The Labute approximate surface area is 271 Å². The summed E-state index contributed by atoms with van der Waals surface area (Å²) in [6.07, 6.45) is 3.06. The molecule has 0 aliphatic carbocycles. The van der Waals surface area contributed by atoms with Gasteiger partial charge in [-0.15, -0.1) is 0 Å². The second-order valence-electron chi connectivity index (χ2n) is 19.5. The van der Waals surface area contributed by atoms with Gasteiger partial charge in [-0.1, -0.05) is 107 Å². The lowest BCUT2D eigenvalue weighted by Gasteiger charge is -2.38. The van der Waals surface area contributed by atoms with Gasteiger partial charge in [0.2, 0.25) is 11.8 Å². The molecule has 0 aromatic heterocycles. The van der Waals surface area contributed by atoms with Crippen LogP contribution in [0.3, 0.4) is 0 Å². The molecule has 0 spiro atoms. The zero-order valence-electron chi connectivity index (χ0n) is 31.5. The SMILES string of the molecule is CC(C)(N)CC(C)(C)CNC(=O)C(C)(C)CC(C)(C)c1ccc(C(C)(C)CC(C)(C)C(=O)NCC(C)(C)CC(C)(C)N)cc1. The molecule has 0 heterocycles. The van der Waals surface area contributed by atoms with Crippen molar-refractivity contribution in [1.29, 1.82) is 0 Å². The van der Waals surface area contributed by atoms with Gasteiger partial charge in [0, 0.05) is 35.0 Å². The third-order valence-corrected chi connectivity index (χ3v) is 8.77. The Bertz CT molecular complexity index is 1020. The second kappa shape index (κ2) is 13.4. The highest BCUT2D eigenvalue weighted by molar-refractivity contribution is 5.82. The van der Waals surface area contributed by atoms with Crippen molar-refractivity contribution in [2.24, 2.45) is 33.1 Å². The number of carbonyl (C=O) groups is 2. The summed E-state index contributed by atoms with van der Waals surface area (Å²) in [6, 6.07) is 8.78. The summed E-state index contributed by atoms with van der Waals surface area (Å²) < 4.78 is 0. The monoisotopic (exact) mass is 615 g/mol. The van der Waals surface area contributed by atoms with Crippen molar-refractivity contribution in [3.8, 4) is 0 Å². The van der Waals surface area contributed by atoms with Crippen LogP contribution in [0.5, 0.6) is 0 Å². The summed E-state index contributed by atoms with van der Waals surface area (Å²) in [4.78, 5) is 26.7. The van der Waals surface area contributed by atoms with Crippen LogP contribution < -0.4 is 22.1 Å². The number of hydrogen-bond donors (Lipinski definition) is 4. The van der Waals surface area contributed by atoms with Crippen molar-refractivity contribution < 1.29 is 9.59 Å². The predicted molar refractivity (Wildman–Crippen MR) is 189 cm³/mol. The third-order valence-electron chi connectivity index (χ3n) is 8.77. The van der Waals surface area contributed by atoms with Gasteiger partial charge in [-0.3, -0.25) is 9.59 Å². The first-order chi connectivity index (χ1) is 19.3. The van der Waals surface area contributed by atoms with Gasteiger partial charge in [0.1, 0.15) is 0 Å². The van der Waals surface area contributed by atoms with E-state index in [0.717, 1.165) is 12.8 Å². The van der Waals surface area contributed by atoms with Gasteiger partial charge in [0.15, 0.2) is 0 Å². The molecule has 1 rings (SSSR count). The molecule has 1 aromatic rings. The van der Waals surface area contributed by atoms with Crippen molar-refractivity contribution >= 4 is 11.8 Å². The maximum Gasteiger partial charge on any atom is 0.225 e. The Morgan fingerprint density at radius 1 is 0.500 bits per heavy atom. The van der Waals surface area contributed by atoms with Gasteiger partial charge in [-0.25, -0.2) is 0 Å². The van der Waals surface area contributed by atoms with E-state index in [2.05, 4.69) is 90.3 Å². The van der Waals surface area contributed by atoms with Crippen molar-refractivity contribution in [3.63, 3.8) is 0 Å². The van der Waals surface area contributed by atoms with E-state index in [1.165, 1.54) is 11.1 Å². The molecule has 0 saturated heterocycles. The lowest BCUT2D eigenvalue weighted by Crippen LogP contribution is -2.46. The van der Waals surface area contributed by atoms with Gasteiger partial charge in [-0.2, -0.15) is 0 Å². The molecular weight excluding hydrogens is 544 g/mol. The van der Waals surface area contributed by atoms with Gasteiger partial charge >= 0.3 is 0 Å². The van der Waals surface area contributed by atoms with Gasteiger partial charge in [0.05, 0.1) is 0 Å². The first kappa shape index (κ1) is 40.1. The Kier molecular flexibility index (Phi) is 12.2. The standard InChI is InChI=1S/C38H70N4O2/c1-31(2,21-37(13,14)39)25-41-29(43)35(9,10)23-33(5,6)27-17-19-28(20-18-27)34(7,8)24-36(11,12)30(44)42-26-32(3,4)22-38(15,16)40/h17-20H,21-26,39-40H2,1-16H3,(H,41,43)(H,42,44). The van der Waals surface area contributed by atoms with Crippen LogP contribution >= 0.6 is 0 Å². The molecule has 254 valence electrons. The Hall–Kier alpha value is -1.92. The number of benzene rings is 1. The van der Waals surface area contributed by atoms with Crippen LogP contribution in [0.25, 0.3) is 0 Å². The smallest absolute Gasteiger partial charge is 0.225 e. The summed E-state index contributed by atoms with van der Waals surface area (Å²) in [5.74, 6) is 0.142. The van der Waals surface area contributed by atoms with Crippen molar-refractivity contribution in [3.05, 3.63) is 35.4 Å². The maximum atomic E-state index is 13.3. The molecule has 0 saturated carbocycles. The lowest BCUT2D eigenvalue weighted by atomic mass is 9.68. The zero-order chi connectivity index (χ0) is 34.8. The highest BCUT2D eigenvalue weighted by atomic mass is 16.2. The van der Waals surface area contributed by atoms with Crippen LogP contribution in [0.1, 0.15) is 148 Å². The molecule has 0 atom stereocenters. The van der Waals surface area contributed by atoms with E-state index in [1.54, 1.807) is 0 Å². The number of carbonyl (C=O) groups excluding carboxylic acids is 2. The van der Waals surface area contributed by atoms with E-state index < -0.39 is 10.8 Å². The van der Waals surface area contributed by atoms with Crippen molar-refractivity contribution in [1.82, 2.24) is 10.6 Å². The number of nitrogens with one attached hydrogen (secondary N) is 2. The van der Waals surface area contributed by atoms with Gasteiger partial charge in [0.25, 0.3) is 0 Å². The molecule has 0 bridgehead atoms. The minimum absolute atomic E-state index is 0.0712. The topological polar surface area (TPSA) is 110 Å². The van der Waals surface area contributed by atoms with E-state index in [9.17, 15) is 9.59 Å². The summed E-state index contributed by atoms with van der Waals surface area (Å²) in [7, 11) is 0. The molecule has 6 nitrogen and oxygen atoms in total. The van der Waals surface area contributed by atoms with E-state index in [-0.39, 0.29) is 44.6 Å². The van der Waals surface area contributed by atoms with E-state index in [0.29, 0.717) is 25.9 Å². The molecule has 1 aromatic carbocycles. The minimum Gasteiger partial charge on any atom is -0.355 e. The molecule has 6 N–H and O–H groups in total. The summed E-state index contributed by atoms with van der Waals surface area (Å²) in [5, 5.41) is 6.43. The Morgan fingerprint density at radius 2 is 0.750 bits per heavy atom. The second-order valence-corrected chi connectivity index (χ2v) is 19.5. The molecule has 2 amide bonds. The molecule has 0 unspecified atom stereocenters. The molecule has 0 radical (unpaired) electrons. The largest absolute Gasteiger partial charge is 0.355 e. The molecule has 0 aliphatic rings. The third kappa shape index (κ3) is 13.2. The fraction of sp³-hybridized carbons (Fsp3) is 0.789. The molecule has 44 heavy (non-hydrogen) atoms. The highest BCUT2D eigenvalue weighted by Crippen LogP contribution is 2.40. The Balaban J connectivity index is 2.95. The summed E-state index contributed by atoms with van der Waals surface area (Å²) in [5.41, 5.74) is 12.7. The average molecular weight is 615 g/mol. The van der Waals surface area contributed by atoms with Crippen LogP contribution in [-0.4, -0.2) is 36.0 Å². The maximum absolute atomic E-state index is 13.3. The summed E-state index contributed by atoms with van der Waals surface area (Å²) >= 11 is 0. The number of nitrogens with two attached hydrogens (primary N) is 2. The van der Waals surface area contributed by atoms with Crippen LogP contribution in [-0.2, 0) is 20.4 Å². The zero-order valence-corrected chi connectivity index (χ0v) is 31.5. The quantitative estimate of drug-likeness (QED) is 0.154. The summed E-state index contributed by atoms with van der Waals surface area (Å²) in [6.45, 7) is 34.9. The molecule has 0 fully saturated rings. The predicted octanol–water partition coefficient (Wildman–Crippen LogP) is 7.61. The first-order valence-electron chi connectivity index (χ1n) is 16.5. The van der Waals surface area contributed by atoms with Crippen LogP contribution in [0.15, 0.2) is 24.3 Å². The van der Waals surface area contributed by atoms with E-state index in [4.69, 9.17) is 11.5 Å². The van der Waals surface area contributed by atoms with Crippen molar-refractivity contribution in [2.75, 3.05) is 13.1 Å². The average Bonchev–Trinajstić information content (AvgIpc) is 2.76. The van der Waals surface area contributed by atoms with Crippen LogP contribution in [0.2, 0.25) is 0 Å². The number of hydrogen-bond acceptors (Lipinski definition) is 4. The first-order valence-corrected chi connectivity index (χ1v) is 16.5. The van der Waals surface area contributed by atoms with Gasteiger partial charge in [-0.05, 0) is 86.2 Å². The fourth-order valence-electron chi connectivity index (χ4n) is 7.66. The molecular formula is C38H70N4O2. The fourth-order valence-corrected chi connectivity index (χ4v) is 7.66. The normalized spacial score (nSPS) is 14.4. The number of amides is 2. The minimum atomic E-state index is -0.540. The van der Waals surface area contributed by atoms with Crippen LogP contribution in [0, 0.1) is 21.7 Å².